The lowest BCUT2D eigenvalue weighted by molar-refractivity contribution is -0.142. The van der Waals surface area contributed by atoms with Crippen LogP contribution in [-0.2, 0) is 10.9 Å². The second-order valence-corrected chi connectivity index (χ2v) is 6.01. The summed E-state index contributed by atoms with van der Waals surface area (Å²) in [4.78, 5) is 0. The van der Waals surface area contributed by atoms with Gasteiger partial charge in [-0.2, -0.15) is 18.3 Å². The van der Waals surface area contributed by atoms with Crippen LogP contribution < -0.4 is 0 Å². The highest BCUT2D eigenvalue weighted by atomic mass is 79.9. The van der Waals surface area contributed by atoms with Crippen LogP contribution in [0.5, 0.6) is 0 Å². The van der Waals surface area contributed by atoms with Gasteiger partial charge >= 0.3 is 6.18 Å². The monoisotopic (exact) mass is 374 g/mol. The van der Waals surface area contributed by atoms with Crippen molar-refractivity contribution in [2.45, 2.75) is 31.7 Å². The minimum atomic E-state index is -4.48. The largest absolute Gasteiger partial charge is 0.435 e. The van der Waals surface area contributed by atoms with Gasteiger partial charge in [-0.1, -0.05) is 34.1 Å². The Hall–Kier alpha value is -1.34. The van der Waals surface area contributed by atoms with Gasteiger partial charge in [0.2, 0.25) is 0 Å². The lowest BCUT2D eigenvalue weighted by Gasteiger charge is -2.24. The number of ether oxygens (including phenoxy) is 1. The van der Waals surface area contributed by atoms with Crippen LogP contribution in [0.2, 0.25) is 0 Å². The summed E-state index contributed by atoms with van der Waals surface area (Å²) in [5.41, 5.74) is 0.179. The van der Waals surface area contributed by atoms with Crippen LogP contribution in [0.4, 0.5) is 13.2 Å². The molecule has 0 amide bonds. The molecule has 22 heavy (non-hydrogen) atoms. The number of hydrogen-bond donors (Lipinski definition) is 0. The minimum absolute atomic E-state index is 0.409. The highest BCUT2D eigenvalue weighted by molar-refractivity contribution is 9.10. The summed E-state index contributed by atoms with van der Waals surface area (Å²) in [6.45, 7) is 0.543. The molecule has 1 saturated heterocycles. The highest BCUT2D eigenvalue weighted by Crippen LogP contribution is 2.37. The zero-order valence-corrected chi connectivity index (χ0v) is 13.2. The molecule has 0 bridgehead atoms. The molecule has 2 heterocycles. The summed E-state index contributed by atoms with van der Waals surface area (Å²) < 4.78 is 46.8. The van der Waals surface area contributed by atoms with E-state index in [-0.39, 0.29) is 0 Å². The van der Waals surface area contributed by atoms with Crippen LogP contribution >= 0.6 is 15.9 Å². The van der Waals surface area contributed by atoms with Crippen LogP contribution in [0, 0.1) is 0 Å². The van der Waals surface area contributed by atoms with E-state index in [4.69, 9.17) is 4.74 Å². The van der Waals surface area contributed by atoms with Crippen molar-refractivity contribution < 1.29 is 17.9 Å². The maximum absolute atomic E-state index is 13.0. The van der Waals surface area contributed by atoms with Gasteiger partial charge in [0, 0.05) is 16.6 Å². The molecule has 0 spiro atoms. The Morgan fingerprint density at radius 1 is 1.23 bits per heavy atom. The third kappa shape index (κ3) is 3.05. The summed E-state index contributed by atoms with van der Waals surface area (Å²) >= 11 is 3.39. The van der Waals surface area contributed by atoms with Gasteiger partial charge in [-0.3, -0.25) is 0 Å². The first kappa shape index (κ1) is 15.6. The van der Waals surface area contributed by atoms with Gasteiger partial charge in [-0.15, -0.1) is 0 Å². The van der Waals surface area contributed by atoms with Gasteiger partial charge in [0.15, 0.2) is 11.9 Å². The summed E-state index contributed by atoms with van der Waals surface area (Å²) in [6.07, 6.45) is -2.42. The lowest BCUT2D eigenvalue weighted by atomic mass is 10.1. The molecule has 2 aromatic rings. The molecule has 1 aliphatic rings. The van der Waals surface area contributed by atoms with Crippen molar-refractivity contribution in [3.05, 3.63) is 40.5 Å². The molecule has 118 valence electrons. The van der Waals surface area contributed by atoms with E-state index in [0.29, 0.717) is 24.3 Å². The van der Waals surface area contributed by atoms with E-state index in [1.807, 2.05) is 6.07 Å². The van der Waals surface area contributed by atoms with E-state index in [0.717, 1.165) is 23.4 Å². The Labute approximate surface area is 134 Å². The molecule has 1 fully saturated rings. The summed E-state index contributed by atoms with van der Waals surface area (Å²) in [6, 6.07) is 8.24. The Morgan fingerprint density at radius 2 is 2.00 bits per heavy atom. The van der Waals surface area contributed by atoms with Crippen molar-refractivity contribution in [2.75, 3.05) is 6.61 Å². The Kier molecular flexibility index (Phi) is 4.27. The van der Waals surface area contributed by atoms with Gasteiger partial charge in [-0.05, 0) is 31.4 Å². The van der Waals surface area contributed by atoms with Gasteiger partial charge in [-0.25, -0.2) is 4.68 Å². The van der Waals surface area contributed by atoms with Crippen LogP contribution in [0.25, 0.3) is 11.3 Å². The molecular formula is C15H14BrF3N2O. The smallest absolute Gasteiger partial charge is 0.356 e. The molecule has 3 nitrogen and oxygen atoms in total. The van der Waals surface area contributed by atoms with Crippen LogP contribution in [0.15, 0.2) is 34.8 Å². The van der Waals surface area contributed by atoms with Crippen LogP contribution in [0.1, 0.15) is 31.2 Å². The average molecular weight is 375 g/mol. The van der Waals surface area contributed by atoms with Crippen molar-refractivity contribution in [1.82, 2.24) is 9.78 Å². The first-order valence-electron chi connectivity index (χ1n) is 7.00. The summed E-state index contributed by atoms with van der Waals surface area (Å²) in [7, 11) is 0. The second-order valence-electron chi connectivity index (χ2n) is 5.16. The third-order valence-corrected chi connectivity index (χ3v) is 4.30. The Bertz CT molecular complexity index is 663. The maximum Gasteiger partial charge on any atom is 0.435 e. The number of benzene rings is 1. The van der Waals surface area contributed by atoms with E-state index in [9.17, 15) is 13.2 Å². The highest BCUT2D eigenvalue weighted by Gasteiger charge is 2.36. The number of halogens is 4. The topological polar surface area (TPSA) is 27.1 Å². The second kappa shape index (κ2) is 6.04. The van der Waals surface area contributed by atoms with Crippen molar-refractivity contribution in [1.29, 1.82) is 0 Å². The number of alkyl halides is 3. The fourth-order valence-corrected chi connectivity index (χ4v) is 3.03. The predicted molar refractivity (Wildman–Crippen MR) is 79.2 cm³/mol. The fourth-order valence-electron chi connectivity index (χ4n) is 2.54. The fraction of sp³-hybridized carbons (Fsp3) is 0.400. The van der Waals surface area contributed by atoms with E-state index >= 15 is 0 Å². The van der Waals surface area contributed by atoms with Crippen LogP contribution in [0.3, 0.4) is 0 Å². The molecule has 1 aliphatic heterocycles. The first-order chi connectivity index (χ1) is 10.5. The molecule has 0 aliphatic carbocycles. The molecule has 0 N–H and O–H groups in total. The predicted octanol–water partition coefficient (Wildman–Crippen LogP) is 5.03. The molecule has 1 aromatic heterocycles. The van der Waals surface area contributed by atoms with Gasteiger partial charge in [0.1, 0.15) is 0 Å². The molecule has 3 rings (SSSR count). The average Bonchev–Trinajstić information content (AvgIpc) is 2.94. The molecular weight excluding hydrogens is 361 g/mol. The summed E-state index contributed by atoms with van der Waals surface area (Å²) in [5.74, 6) is 0. The van der Waals surface area contributed by atoms with Gasteiger partial charge in [0.25, 0.3) is 0 Å². The van der Waals surface area contributed by atoms with Gasteiger partial charge < -0.3 is 4.74 Å². The van der Waals surface area contributed by atoms with E-state index < -0.39 is 18.1 Å². The number of nitrogens with zero attached hydrogens (tertiary/aromatic N) is 2. The van der Waals surface area contributed by atoms with Crippen molar-refractivity contribution >= 4 is 15.9 Å². The van der Waals surface area contributed by atoms with Gasteiger partial charge in [0.05, 0.1) is 5.69 Å². The van der Waals surface area contributed by atoms with Crippen molar-refractivity contribution in [3.63, 3.8) is 0 Å². The lowest BCUT2D eigenvalue weighted by Crippen LogP contribution is -2.20. The first-order valence-corrected chi connectivity index (χ1v) is 7.79. The molecule has 1 aromatic carbocycles. The minimum Gasteiger partial charge on any atom is -0.356 e. The zero-order valence-electron chi connectivity index (χ0n) is 11.6. The maximum atomic E-state index is 13.0. The Balaban J connectivity index is 2.10. The SMILES string of the molecule is FC(F)(F)c1cc(-c2ccccc2Br)n(C2CCCCO2)n1. The normalized spacial score (nSPS) is 19.4. The van der Waals surface area contributed by atoms with E-state index in [2.05, 4.69) is 21.0 Å². The number of rotatable bonds is 2. The Morgan fingerprint density at radius 3 is 2.64 bits per heavy atom. The third-order valence-electron chi connectivity index (χ3n) is 3.60. The standard InChI is InChI=1S/C15H14BrF3N2O/c16-11-6-2-1-5-10(11)12-9-13(15(17,18)19)20-21(12)14-7-3-4-8-22-14/h1-2,5-6,9,14H,3-4,7-8H2. The molecule has 7 heteroatoms. The molecule has 0 saturated carbocycles. The van der Waals surface area contributed by atoms with E-state index in [1.54, 1.807) is 18.2 Å². The molecule has 1 unspecified atom stereocenters. The van der Waals surface area contributed by atoms with Crippen LogP contribution in [-0.4, -0.2) is 16.4 Å². The molecule has 1 atom stereocenters. The molecule has 0 radical (unpaired) electrons. The van der Waals surface area contributed by atoms with E-state index in [1.165, 1.54) is 4.68 Å². The number of aromatic nitrogens is 2. The number of hydrogen-bond acceptors (Lipinski definition) is 2. The summed E-state index contributed by atoms with van der Waals surface area (Å²) in [5, 5.41) is 3.77. The zero-order chi connectivity index (χ0) is 15.7. The quantitative estimate of drug-likeness (QED) is 0.736. The van der Waals surface area contributed by atoms with Crippen molar-refractivity contribution in [2.24, 2.45) is 0 Å². The van der Waals surface area contributed by atoms with Crippen molar-refractivity contribution in [3.8, 4) is 11.3 Å².